The van der Waals surface area contributed by atoms with Crippen molar-refractivity contribution in [3.05, 3.63) is 101 Å². The van der Waals surface area contributed by atoms with Gasteiger partial charge in [0.15, 0.2) is 0 Å². The highest BCUT2D eigenvalue weighted by Gasteiger charge is 2.15. The largest absolute Gasteiger partial charge is 0.497 e. The Labute approximate surface area is 186 Å². The molecule has 2 amide bonds. The third-order valence-corrected chi connectivity index (χ3v) is 4.45. The molecule has 0 atom stereocenters. The second-order valence-electron chi connectivity index (χ2n) is 6.60. The molecule has 0 aliphatic rings. The second kappa shape index (κ2) is 11.1. The number of nitrogens with zero attached hydrogens (tertiary/aromatic N) is 1. The molecule has 7 heteroatoms. The SMILES string of the molecule is COc1ccc(/C=C(/NC(=O)c2ccccc2)C(=O)N/N=C/c2ccccc2)c(OC)c1. The Kier molecular flexibility index (Phi) is 7.75. The van der Waals surface area contributed by atoms with Crippen LogP contribution in [0.1, 0.15) is 21.5 Å². The van der Waals surface area contributed by atoms with Crippen molar-refractivity contribution < 1.29 is 19.1 Å². The van der Waals surface area contributed by atoms with Crippen LogP contribution in [0, 0.1) is 0 Å². The van der Waals surface area contributed by atoms with E-state index in [0.29, 0.717) is 22.6 Å². The maximum atomic E-state index is 12.9. The van der Waals surface area contributed by atoms with Crippen LogP contribution >= 0.6 is 0 Å². The number of methoxy groups -OCH3 is 2. The molecule has 32 heavy (non-hydrogen) atoms. The van der Waals surface area contributed by atoms with E-state index in [1.807, 2.05) is 30.3 Å². The van der Waals surface area contributed by atoms with Gasteiger partial charge >= 0.3 is 0 Å². The Morgan fingerprint density at radius 3 is 2.22 bits per heavy atom. The van der Waals surface area contributed by atoms with Crippen molar-refractivity contribution in [2.45, 2.75) is 0 Å². The molecule has 162 valence electrons. The summed E-state index contributed by atoms with van der Waals surface area (Å²) in [5.74, 6) is 0.0769. The first-order valence-electron chi connectivity index (χ1n) is 9.79. The van der Waals surface area contributed by atoms with Gasteiger partial charge in [-0.15, -0.1) is 0 Å². The zero-order chi connectivity index (χ0) is 22.8. The van der Waals surface area contributed by atoms with Gasteiger partial charge in [0.25, 0.3) is 11.8 Å². The zero-order valence-electron chi connectivity index (χ0n) is 17.7. The van der Waals surface area contributed by atoms with Crippen molar-refractivity contribution in [3.63, 3.8) is 0 Å². The first-order valence-corrected chi connectivity index (χ1v) is 9.79. The zero-order valence-corrected chi connectivity index (χ0v) is 17.7. The highest BCUT2D eigenvalue weighted by molar-refractivity contribution is 6.05. The Morgan fingerprint density at radius 1 is 0.875 bits per heavy atom. The van der Waals surface area contributed by atoms with E-state index in [1.54, 1.807) is 55.6 Å². The molecule has 0 saturated carbocycles. The Morgan fingerprint density at radius 2 is 1.56 bits per heavy atom. The highest BCUT2D eigenvalue weighted by atomic mass is 16.5. The maximum absolute atomic E-state index is 12.9. The first-order chi connectivity index (χ1) is 15.6. The Balaban J connectivity index is 1.88. The fourth-order valence-electron chi connectivity index (χ4n) is 2.80. The lowest BCUT2D eigenvalue weighted by molar-refractivity contribution is -0.117. The van der Waals surface area contributed by atoms with Gasteiger partial charge in [-0.1, -0.05) is 48.5 Å². The predicted octanol–water partition coefficient (Wildman–Crippen LogP) is 3.63. The van der Waals surface area contributed by atoms with Crippen molar-refractivity contribution in [3.8, 4) is 11.5 Å². The molecule has 0 radical (unpaired) electrons. The average molecular weight is 429 g/mol. The highest BCUT2D eigenvalue weighted by Crippen LogP contribution is 2.26. The van der Waals surface area contributed by atoms with Crippen LogP contribution in [-0.2, 0) is 4.79 Å². The lowest BCUT2D eigenvalue weighted by atomic mass is 10.1. The molecular weight excluding hydrogens is 406 g/mol. The molecule has 0 aromatic heterocycles. The van der Waals surface area contributed by atoms with Crippen LogP contribution in [0.25, 0.3) is 6.08 Å². The topological polar surface area (TPSA) is 89.0 Å². The number of benzene rings is 3. The molecule has 0 aliphatic heterocycles. The van der Waals surface area contributed by atoms with Gasteiger partial charge in [-0.2, -0.15) is 5.10 Å². The van der Waals surface area contributed by atoms with Crippen LogP contribution in [0.15, 0.2) is 89.7 Å². The van der Waals surface area contributed by atoms with E-state index in [4.69, 9.17) is 9.47 Å². The quantitative estimate of drug-likeness (QED) is 0.325. The number of hydrazone groups is 1. The van der Waals surface area contributed by atoms with Crippen molar-refractivity contribution in [1.82, 2.24) is 10.7 Å². The molecule has 0 fully saturated rings. The van der Waals surface area contributed by atoms with Gasteiger partial charge in [-0.3, -0.25) is 9.59 Å². The molecule has 0 saturated heterocycles. The second-order valence-corrected chi connectivity index (χ2v) is 6.60. The monoisotopic (exact) mass is 429 g/mol. The summed E-state index contributed by atoms with van der Waals surface area (Å²) in [5.41, 5.74) is 4.28. The van der Waals surface area contributed by atoms with Crippen LogP contribution in [-0.4, -0.2) is 32.2 Å². The molecule has 3 rings (SSSR count). The van der Waals surface area contributed by atoms with Gasteiger partial charge in [-0.25, -0.2) is 5.43 Å². The standard InChI is InChI=1S/C25H23N3O4/c1-31-21-14-13-20(23(16-21)32-2)15-22(27-24(29)19-11-7-4-8-12-19)25(30)28-26-17-18-9-5-3-6-10-18/h3-17H,1-2H3,(H,27,29)(H,28,30)/b22-15+,26-17+. The Bertz CT molecular complexity index is 1130. The van der Waals surface area contributed by atoms with E-state index in [2.05, 4.69) is 15.8 Å². The van der Waals surface area contributed by atoms with Gasteiger partial charge < -0.3 is 14.8 Å². The fourth-order valence-corrected chi connectivity index (χ4v) is 2.80. The first kappa shape index (κ1) is 22.3. The molecule has 7 nitrogen and oxygen atoms in total. The van der Waals surface area contributed by atoms with Crippen LogP contribution in [0.4, 0.5) is 0 Å². The van der Waals surface area contributed by atoms with E-state index in [0.717, 1.165) is 5.56 Å². The van der Waals surface area contributed by atoms with Gasteiger partial charge in [-0.05, 0) is 35.9 Å². The number of carbonyl (C=O) groups excluding carboxylic acids is 2. The van der Waals surface area contributed by atoms with E-state index >= 15 is 0 Å². The minimum atomic E-state index is -0.584. The number of nitrogens with one attached hydrogen (secondary N) is 2. The van der Waals surface area contributed by atoms with Crippen molar-refractivity contribution in [2.24, 2.45) is 5.10 Å². The number of ether oxygens (including phenoxy) is 2. The summed E-state index contributed by atoms with van der Waals surface area (Å²) in [6, 6.07) is 23.1. The molecule has 0 aliphatic carbocycles. The molecule has 3 aromatic rings. The van der Waals surface area contributed by atoms with Crippen LogP contribution in [0.3, 0.4) is 0 Å². The van der Waals surface area contributed by atoms with Gasteiger partial charge in [0.1, 0.15) is 17.2 Å². The summed E-state index contributed by atoms with van der Waals surface area (Å²) in [4.78, 5) is 25.5. The van der Waals surface area contributed by atoms with Gasteiger partial charge in [0, 0.05) is 17.2 Å². The smallest absolute Gasteiger partial charge is 0.287 e. The van der Waals surface area contributed by atoms with Crippen LogP contribution < -0.4 is 20.2 Å². The molecule has 0 spiro atoms. The lowest BCUT2D eigenvalue weighted by Crippen LogP contribution is -2.32. The number of carbonyl (C=O) groups is 2. The van der Waals surface area contributed by atoms with E-state index in [1.165, 1.54) is 19.4 Å². The summed E-state index contributed by atoms with van der Waals surface area (Å²) in [5, 5.41) is 6.65. The summed E-state index contributed by atoms with van der Waals surface area (Å²) in [6.07, 6.45) is 3.04. The average Bonchev–Trinajstić information content (AvgIpc) is 2.84. The summed E-state index contributed by atoms with van der Waals surface area (Å²) in [6.45, 7) is 0. The van der Waals surface area contributed by atoms with Crippen molar-refractivity contribution in [1.29, 1.82) is 0 Å². The minimum absolute atomic E-state index is 0.00697. The van der Waals surface area contributed by atoms with E-state index in [-0.39, 0.29) is 5.70 Å². The lowest BCUT2D eigenvalue weighted by Gasteiger charge is -2.11. The predicted molar refractivity (Wildman–Crippen MR) is 124 cm³/mol. The molecule has 2 N–H and O–H groups in total. The number of hydrogen-bond donors (Lipinski definition) is 2. The van der Waals surface area contributed by atoms with Crippen LogP contribution in [0.2, 0.25) is 0 Å². The summed E-state index contributed by atoms with van der Waals surface area (Å²) < 4.78 is 10.6. The summed E-state index contributed by atoms with van der Waals surface area (Å²) in [7, 11) is 3.06. The summed E-state index contributed by atoms with van der Waals surface area (Å²) >= 11 is 0. The Hall–Kier alpha value is -4.39. The molecule has 3 aromatic carbocycles. The number of rotatable bonds is 8. The van der Waals surface area contributed by atoms with Gasteiger partial charge in [0.2, 0.25) is 0 Å². The van der Waals surface area contributed by atoms with Gasteiger partial charge in [0.05, 0.1) is 20.4 Å². The number of amides is 2. The van der Waals surface area contributed by atoms with E-state index in [9.17, 15) is 9.59 Å². The fraction of sp³-hybridized carbons (Fsp3) is 0.0800. The van der Waals surface area contributed by atoms with Crippen molar-refractivity contribution >= 4 is 24.1 Å². The molecule has 0 bridgehead atoms. The third kappa shape index (κ3) is 6.06. The molecule has 0 heterocycles. The van der Waals surface area contributed by atoms with Crippen LogP contribution in [0.5, 0.6) is 11.5 Å². The van der Waals surface area contributed by atoms with Crippen molar-refractivity contribution in [2.75, 3.05) is 14.2 Å². The molecule has 0 unspecified atom stereocenters. The minimum Gasteiger partial charge on any atom is -0.497 e. The third-order valence-electron chi connectivity index (χ3n) is 4.45. The molecular formula is C25H23N3O4. The normalized spacial score (nSPS) is 11.1. The maximum Gasteiger partial charge on any atom is 0.287 e. The van der Waals surface area contributed by atoms with E-state index < -0.39 is 11.8 Å². The number of hydrogen-bond acceptors (Lipinski definition) is 5.